The summed E-state index contributed by atoms with van der Waals surface area (Å²) in [5.74, 6) is 5.42. The highest BCUT2D eigenvalue weighted by molar-refractivity contribution is 6.30. The molecule has 5 heteroatoms. The molecule has 1 aliphatic rings. The van der Waals surface area contributed by atoms with Crippen LogP contribution in [0.5, 0.6) is 0 Å². The number of hydrogen-bond acceptors (Lipinski definition) is 3. The highest BCUT2D eigenvalue weighted by Crippen LogP contribution is 2.47. The van der Waals surface area contributed by atoms with Gasteiger partial charge in [0.1, 0.15) is 5.82 Å². The maximum atomic E-state index is 14.2. The van der Waals surface area contributed by atoms with Crippen LogP contribution in [0.1, 0.15) is 45.7 Å². The molecule has 1 aromatic rings. The standard InChI is InChI=1S/C15H22ClFN2O/c1-14(2)8-11(15(3,4)20-14)13(19-18)10-6-5-9(16)7-12(10)17/h5-7,11,13,19H,8,18H2,1-4H3. The monoisotopic (exact) mass is 300 g/mol. The molecule has 2 unspecified atom stereocenters. The predicted octanol–water partition coefficient (Wildman–Crippen LogP) is 3.58. The van der Waals surface area contributed by atoms with Gasteiger partial charge in [-0.1, -0.05) is 17.7 Å². The summed E-state index contributed by atoms with van der Waals surface area (Å²) in [7, 11) is 0. The van der Waals surface area contributed by atoms with Gasteiger partial charge >= 0.3 is 0 Å². The average Bonchev–Trinajstić information content (AvgIpc) is 2.51. The Morgan fingerprint density at radius 1 is 1.40 bits per heavy atom. The Morgan fingerprint density at radius 2 is 2.05 bits per heavy atom. The van der Waals surface area contributed by atoms with Crippen LogP contribution in [0, 0.1) is 11.7 Å². The predicted molar refractivity (Wildman–Crippen MR) is 78.8 cm³/mol. The van der Waals surface area contributed by atoms with E-state index in [1.807, 2.05) is 27.7 Å². The summed E-state index contributed by atoms with van der Waals surface area (Å²) in [6.45, 7) is 8.12. The SMILES string of the molecule is CC1(C)CC(C(NN)c2ccc(Cl)cc2F)C(C)(C)O1. The lowest BCUT2D eigenvalue weighted by atomic mass is 9.79. The van der Waals surface area contributed by atoms with E-state index in [0.29, 0.717) is 10.6 Å². The number of hydrazine groups is 1. The van der Waals surface area contributed by atoms with Crippen molar-refractivity contribution in [3.63, 3.8) is 0 Å². The van der Waals surface area contributed by atoms with Gasteiger partial charge in [-0.25, -0.2) is 4.39 Å². The van der Waals surface area contributed by atoms with Crippen LogP contribution in [-0.4, -0.2) is 11.2 Å². The number of benzene rings is 1. The maximum Gasteiger partial charge on any atom is 0.129 e. The van der Waals surface area contributed by atoms with E-state index in [4.69, 9.17) is 22.2 Å². The Labute approximate surface area is 124 Å². The van der Waals surface area contributed by atoms with Gasteiger partial charge in [0, 0.05) is 16.5 Å². The molecule has 20 heavy (non-hydrogen) atoms. The molecule has 1 aromatic carbocycles. The molecule has 0 aliphatic carbocycles. The van der Waals surface area contributed by atoms with Crippen molar-refractivity contribution in [2.75, 3.05) is 0 Å². The van der Waals surface area contributed by atoms with Crippen molar-refractivity contribution < 1.29 is 9.13 Å². The fourth-order valence-corrected chi connectivity index (χ4v) is 3.46. The summed E-state index contributed by atoms with van der Waals surface area (Å²) >= 11 is 5.81. The molecule has 3 nitrogen and oxygen atoms in total. The summed E-state index contributed by atoms with van der Waals surface area (Å²) in [5, 5.41) is 0.379. The molecule has 1 aliphatic heterocycles. The van der Waals surface area contributed by atoms with Gasteiger partial charge in [0.2, 0.25) is 0 Å². The lowest BCUT2D eigenvalue weighted by molar-refractivity contribution is -0.0779. The zero-order chi connectivity index (χ0) is 15.1. The Hall–Kier alpha value is -0.680. The Morgan fingerprint density at radius 3 is 2.50 bits per heavy atom. The summed E-state index contributed by atoms with van der Waals surface area (Å²) in [5.41, 5.74) is 2.65. The molecule has 0 amide bonds. The van der Waals surface area contributed by atoms with Crippen LogP contribution in [0.2, 0.25) is 5.02 Å². The van der Waals surface area contributed by atoms with Crippen LogP contribution in [0.3, 0.4) is 0 Å². The van der Waals surface area contributed by atoms with Crippen molar-refractivity contribution in [2.45, 2.75) is 51.4 Å². The smallest absolute Gasteiger partial charge is 0.129 e. The van der Waals surface area contributed by atoms with Gasteiger partial charge in [0.15, 0.2) is 0 Å². The number of halogens is 2. The van der Waals surface area contributed by atoms with Crippen LogP contribution in [0.15, 0.2) is 18.2 Å². The summed E-state index contributed by atoms with van der Waals surface area (Å²) in [6.07, 6.45) is 0.803. The van der Waals surface area contributed by atoms with E-state index in [2.05, 4.69) is 5.43 Å². The van der Waals surface area contributed by atoms with Gasteiger partial charge in [0.25, 0.3) is 0 Å². The normalized spacial score (nSPS) is 25.6. The second-order valence-electron chi connectivity index (χ2n) is 6.59. The molecular formula is C15H22ClFN2O. The van der Waals surface area contributed by atoms with E-state index in [-0.39, 0.29) is 29.0 Å². The zero-order valence-electron chi connectivity index (χ0n) is 12.3. The minimum atomic E-state index is -0.382. The average molecular weight is 301 g/mol. The fourth-order valence-electron chi connectivity index (χ4n) is 3.30. The van der Waals surface area contributed by atoms with Crippen molar-refractivity contribution in [1.29, 1.82) is 0 Å². The first-order valence-corrected chi connectivity index (χ1v) is 7.15. The summed E-state index contributed by atoms with van der Waals surface area (Å²) in [6, 6.07) is 4.36. The van der Waals surface area contributed by atoms with Crippen molar-refractivity contribution in [3.05, 3.63) is 34.6 Å². The molecule has 2 rings (SSSR count). The van der Waals surface area contributed by atoms with E-state index in [9.17, 15) is 4.39 Å². The zero-order valence-corrected chi connectivity index (χ0v) is 13.1. The second-order valence-corrected chi connectivity index (χ2v) is 7.02. The van der Waals surface area contributed by atoms with Gasteiger partial charge in [-0.3, -0.25) is 11.3 Å². The van der Waals surface area contributed by atoms with Crippen molar-refractivity contribution in [2.24, 2.45) is 11.8 Å². The fraction of sp³-hybridized carbons (Fsp3) is 0.600. The minimum absolute atomic E-state index is 0.0678. The van der Waals surface area contributed by atoms with Gasteiger partial charge in [-0.15, -0.1) is 0 Å². The van der Waals surface area contributed by atoms with Crippen LogP contribution >= 0.6 is 11.6 Å². The first-order chi connectivity index (χ1) is 9.16. The Balaban J connectivity index is 2.37. The Bertz CT molecular complexity index is 505. The van der Waals surface area contributed by atoms with E-state index >= 15 is 0 Å². The lowest BCUT2D eigenvalue weighted by Gasteiger charge is -2.33. The highest BCUT2D eigenvalue weighted by Gasteiger charge is 2.49. The van der Waals surface area contributed by atoms with E-state index in [1.54, 1.807) is 12.1 Å². The molecule has 0 radical (unpaired) electrons. The largest absolute Gasteiger partial charge is 0.369 e. The molecule has 112 valence electrons. The molecule has 3 N–H and O–H groups in total. The topological polar surface area (TPSA) is 47.3 Å². The molecule has 0 saturated carbocycles. The number of nitrogens with two attached hydrogens (primary N) is 1. The van der Waals surface area contributed by atoms with Crippen molar-refractivity contribution in [3.8, 4) is 0 Å². The molecule has 0 bridgehead atoms. The van der Waals surface area contributed by atoms with E-state index in [0.717, 1.165) is 6.42 Å². The number of rotatable bonds is 3. The van der Waals surface area contributed by atoms with Gasteiger partial charge in [-0.05, 0) is 46.2 Å². The lowest BCUT2D eigenvalue weighted by Crippen LogP contribution is -2.41. The molecule has 0 spiro atoms. The van der Waals surface area contributed by atoms with Crippen molar-refractivity contribution >= 4 is 11.6 Å². The summed E-state index contributed by atoms with van der Waals surface area (Å²) < 4.78 is 20.2. The maximum absolute atomic E-state index is 14.2. The number of hydrogen-bond donors (Lipinski definition) is 2. The van der Waals surface area contributed by atoms with Gasteiger partial charge in [0.05, 0.1) is 17.2 Å². The third-order valence-electron chi connectivity index (χ3n) is 4.02. The van der Waals surface area contributed by atoms with Crippen LogP contribution < -0.4 is 11.3 Å². The van der Waals surface area contributed by atoms with E-state index < -0.39 is 0 Å². The molecule has 2 atom stereocenters. The van der Waals surface area contributed by atoms with Gasteiger partial charge < -0.3 is 4.74 Å². The third kappa shape index (κ3) is 2.98. The molecule has 1 heterocycles. The first-order valence-electron chi connectivity index (χ1n) is 6.77. The number of ether oxygens (including phenoxy) is 1. The highest BCUT2D eigenvalue weighted by atomic mass is 35.5. The third-order valence-corrected chi connectivity index (χ3v) is 4.26. The molecule has 1 saturated heterocycles. The van der Waals surface area contributed by atoms with Crippen LogP contribution in [-0.2, 0) is 4.74 Å². The first kappa shape index (κ1) is 15.7. The van der Waals surface area contributed by atoms with Crippen molar-refractivity contribution in [1.82, 2.24) is 5.43 Å². The second kappa shape index (κ2) is 5.26. The Kier molecular flexibility index (Phi) is 4.13. The minimum Gasteiger partial charge on any atom is -0.369 e. The molecular weight excluding hydrogens is 279 g/mol. The molecule has 1 fully saturated rings. The van der Waals surface area contributed by atoms with Crippen LogP contribution in [0.25, 0.3) is 0 Å². The molecule has 0 aromatic heterocycles. The van der Waals surface area contributed by atoms with Crippen LogP contribution in [0.4, 0.5) is 4.39 Å². The summed E-state index contributed by atoms with van der Waals surface area (Å²) in [4.78, 5) is 0. The van der Waals surface area contributed by atoms with Gasteiger partial charge in [-0.2, -0.15) is 0 Å². The quantitative estimate of drug-likeness (QED) is 0.662. The number of nitrogens with one attached hydrogen (secondary N) is 1. The van der Waals surface area contributed by atoms with E-state index in [1.165, 1.54) is 6.07 Å².